The van der Waals surface area contributed by atoms with E-state index in [2.05, 4.69) is 12.6 Å². The van der Waals surface area contributed by atoms with Gasteiger partial charge in [-0.15, -0.1) is 12.6 Å². The second-order valence-electron chi connectivity index (χ2n) is 2.22. The van der Waals surface area contributed by atoms with Crippen molar-refractivity contribution >= 4 is 30.0 Å². The Bertz CT molecular complexity index is 296. The Labute approximate surface area is 75.8 Å². The number of hydrogen-bond donors (Lipinski definition) is 1. The van der Waals surface area contributed by atoms with Crippen LogP contribution >= 0.6 is 24.2 Å². The second kappa shape index (κ2) is 3.28. The van der Waals surface area contributed by atoms with Gasteiger partial charge in [0.15, 0.2) is 5.78 Å². The van der Waals surface area contributed by atoms with Crippen LogP contribution in [0.25, 0.3) is 0 Å². The lowest BCUT2D eigenvalue weighted by Gasteiger charge is -1.98. The summed E-state index contributed by atoms with van der Waals surface area (Å²) in [5, 5.41) is 0.515. The van der Waals surface area contributed by atoms with Gasteiger partial charge < -0.3 is 0 Å². The Hall–Kier alpha value is -0.470. The minimum absolute atomic E-state index is 0.0141. The fourth-order valence-electron chi connectivity index (χ4n) is 0.726. The standard InChI is InChI=1S/C8H7ClOS/c1-5(10)6-2-3-8(11)7(9)4-6/h2-4,11H,1H3. The van der Waals surface area contributed by atoms with Crippen molar-refractivity contribution < 1.29 is 4.79 Å². The lowest BCUT2D eigenvalue weighted by atomic mass is 10.1. The summed E-state index contributed by atoms with van der Waals surface area (Å²) in [6, 6.07) is 5.03. The summed E-state index contributed by atoms with van der Waals surface area (Å²) in [5.74, 6) is 0.0141. The highest BCUT2D eigenvalue weighted by Crippen LogP contribution is 2.20. The van der Waals surface area contributed by atoms with Crippen LogP contribution in [0.4, 0.5) is 0 Å². The maximum absolute atomic E-state index is 10.8. The smallest absolute Gasteiger partial charge is 0.159 e. The van der Waals surface area contributed by atoms with Crippen molar-refractivity contribution in [2.75, 3.05) is 0 Å². The number of Topliss-reactive ketones (excluding diaryl/α,β-unsaturated/α-hetero) is 1. The molecule has 1 aromatic rings. The van der Waals surface area contributed by atoms with E-state index < -0.39 is 0 Å². The molecule has 0 saturated heterocycles. The number of carbonyl (C=O) groups excluding carboxylic acids is 1. The van der Waals surface area contributed by atoms with Gasteiger partial charge in [0.05, 0.1) is 5.02 Å². The minimum Gasteiger partial charge on any atom is -0.295 e. The molecule has 1 aromatic carbocycles. The highest BCUT2D eigenvalue weighted by atomic mass is 35.5. The first-order chi connectivity index (χ1) is 5.11. The van der Waals surface area contributed by atoms with Crippen LogP contribution in [-0.4, -0.2) is 5.78 Å². The Morgan fingerprint density at radius 3 is 2.64 bits per heavy atom. The number of rotatable bonds is 1. The largest absolute Gasteiger partial charge is 0.295 e. The van der Waals surface area contributed by atoms with Crippen LogP contribution in [-0.2, 0) is 0 Å². The van der Waals surface area contributed by atoms with Gasteiger partial charge in [-0.2, -0.15) is 0 Å². The van der Waals surface area contributed by atoms with Crippen LogP contribution < -0.4 is 0 Å². The van der Waals surface area contributed by atoms with Crippen LogP contribution in [0.5, 0.6) is 0 Å². The highest BCUT2D eigenvalue weighted by Gasteiger charge is 2.01. The molecule has 0 radical (unpaired) electrons. The first-order valence-corrected chi connectivity index (χ1v) is 3.93. The molecular formula is C8H7ClOS. The Morgan fingerprint density at radius 2 is 2.18 bits per heavy atom. The average Bonchev–Trinajstić information content (AvgIpc) is 1.94. The van der Waals surface area contributed by atoms with Crippen LogP contribution in [0.15, 0.2) is 23.1 Å². The van der Waals surface area contributed by atoms with E-state index in [0.29, 0.717) is 15.5 Å². The van der Waals surface area contributed by atoms with Crippen molar-refractivity contribution in [1.29, 1.82) is 0 Å². The molecule has 0 aliphatic rings. The Morgan fingerprint density at radius 1 is 1.55 bits per heavy atom. The van der Waals surface area contributed by atoms with Crippen LogP contribution in [0.3, 0.4) is 0 Å². The summed E-state index contributed by atoms with van der Waals surface area (Å²) in [6.07, 6.45) is 0. The normalized spacial score (nSPS) is 9.73. The predicted octanol–water partition coefficient (Wildman–Crippen LogP) is 2.83. The molecule has 0 atom stereocenters. The zero-order chi connectivity index (χ0) is 8.43. The maximum Gasteiger partial charge on any atom is 0.159 e. The van der Waals surface area contributed by atoms with E-state index >= 15 is 0 Å². The summed E-state index contributed by atoms with van der Waals surface area (Å²) < 4.78 is 0. The summed E-state index contributed by atoms with van der Waals surface area (Å²) in [4.78, 5) is 11.5. The average molecular weight is 187 g/mol. The Balaban J connectivity index is 3.15. The fourth-order valence-corrected chi connectivity index (χ4v) is 1.05. The molecule has 1 rings (SSSR count). The number of thiol groups is 1. The fraction of sp³-hybridized carbons (Fsp3) is 0.125. The van der Waals surface area contributed by atoms with E-state index in [0.717, 1.165) is 0 Å². The monoisotopic (exact) mass is 186 g/mol. The van der Waals surface area contributed by atoms with E-state index in [1.165, 1.54) is 6.92 Å². The molecule has 0 N–H and O–H groups in total. The summed E-state index contributed by atoms with van der Waals surface area (Å²) in [7, 11) is 0. The van der Waals surface area contributed by atoms with Gasteiger partial charge in [-0.05, 0) is 19.1 Å². The molecule has 58 valence electrons. The minimum atomic E-state index is 0.0141. The van der Waals surface area contributed by atoms with E-state index in [9.17, 15) is 4.79 Å². The van der Waals surface area contributed by atoms with E-state index in [4.69, 9.17) is 11.6 Å². The Kier molecular flexibility index (Phi) is 2.58. The molecule has 0 unspecified atom stereocenters. The first-order valence-electron chi connectivity index (χ1n) is 3.10. The topological polar surface area (TPSA) is 17.1 Å². The summed E-state index contributed by atoms with van der Waals surface area (Å²) >= 11 is 9.80. The summed E-state index contributed by atoms with van der Waals surface area (Å²) in [5.41, 5.74) is 0.618. The van der Waals surface area contributed by atoms with Gasteiger partial charge in [-0.1, -0.05) is 17.7 Å². The van der Waals surface area contributed by atoms with Crippen LogP contribution in [0, 0.1) is 0 Å². The van der Waals surface area contributed by atoms with Gasteiger partial charge in [-0.25, -0.2) is 0 Å². The van der Waals surface area contributed by atoms with E-state index in [1.807, 2.05) is 0 Å². The van der Waals surface area contributed by atoms with Crippen molar-refractivity contribution in [3.63, 3.8) is 0 Å². The molecule has 0 heterocycles. The summed E-state index contributed by atoms with van der Waals surface area (Å²) in [6.45, 7) is 1.50. The third kappa shape index (κ3) is 1.98. The zero-order valence-electron chi connectivity index (χ0n) is 5.97. The molecule has 0 bridgehead atoms. The van der Waals surface area contributed by atoms with Crippen LogP contribution in [0.2, 0.25) is 5.02 Å². The lowest BCUT2D eigenvalue weighted by Crippen LogP contribution is -1.90. The molecule has 0 spiro atoms. The zero-order valence-corrected chi connectivity index (χ0v) is 7.62. The van der Waals surface area contributed by atoms with Gasteiger partial charge in [0, 0.05) is 10.5 Å². The predicted molar refractivity (Wildman–Crippen MR) is 48.7 cm³/mol. The number of carbonyl (C=O) groups is 1. The molecule has 0 aliphatic heterocycles. The molecule has 1 nitrogen and oxygen atoms in total. The third-order valence-corrected chi connectivity index (χ3v) is 2.19. The molecule has 0 saturated carbocycles. The SMILES string of the molecule is CC(=O)c1ccc(S)c(Cl)c1. The molecule has 11 heavy (non-hydrogen) atoms. The third-order valence-electron chi connectivity index (χ3n) is 1.35. The van der Waals surface area contributed by atoms with E-state index in [1.54, 1.807) is 18.2 Å². The first kappa shape index (κ1) is 8.62. The molecule has 0 aromatic heterocycles. The van der Waals surface area contributed by atoms with Crippen LogP contribution in [0.1, 0.15) is 17.3 Å². The number of halogens is 1. The quantitative estimate of drug-likeness (QED) is 0.527. The number of benzene rings is 1. The van der Waals surface area contributed by atoms with Crippen molar-refractivity contribution in [2.24, 2.45) is 0 Å². The van der Waals surface area contributed by atoms with Crippen molar-refractivity contribution in [3.05, 3.63) is 28.8 Å². The van der Waals surface area contributed by atoms with E-state index in [-0.39, 0.29) is 5.78 Å². The van der Waals surface area contributed by atoms with Gasteiger partial charge in [-0.3, -0.25) is 4.79 Å². The van der Waals surface area contributed by atoms with Crippen molar-refractivity contribution in [3.8, 4) is 0 Å². The molecule has 3 heteroatoms. The van der Waals surface area contributed by atoms with Gasteiger partial charge in [0.1, 0.15) is 0 Å². The molecule has 0 aliphatic carbocycles. The lowest BCUT2D eigenvalue weighted by molar-refractivity contribution is 0.101. The van der Waals surface area contributed by atoms with Crippen molar-refractivity contribution in [2.45, 2.75) is 11.8 Å². The van der Waals surface area contributed by atoms with Gasteiger partial charge in [0.2, 0.25) is 0 Å². The maximum atomic E-state index is 10.8. The number of hydrogen-bond acceptors (Lipinski definition) is 2. The number of ketones is 1. The molecule has 0 fully saturated rings. The second-order valence-corrected chi connectivity index (χ2v) is 3.11. The molecular weight excluding hydrogens is 180 g/mol. The highest BCUT2D eigenvalue weighted by molar-refractivity contribution is 7.80. The van der Waals surface area contributed by atoms with Gasteiger partial charge >= 0.3 is 0 Å². The van der Waals surface area contributed by atoms with Gasteiger partial charge in [0.25, 0.3) is 0 Å². The van der Waals surface area contributed by atoms with Crippen molar-refractivity contribution in [1.82, 2.24) is 0 Å². The molecule has 0 amide bonds.